The molecule has 0 atom stereocenters. The number of carbonyl (C=O) groups excluding carboxylic acids is 1. The smallest absolute Gasteiger partial charge is 0.486 e. The van der Waals surface area contributed by atoms with E-state index in [1.165, 1.54) is 12.1 Å². The highest BCUT2D eigenvalue weighted by Crippen LogP contribution is 2.34. The van der Waals surface area contributed by atoms with Crippen molar-refractivity contribution in [2.45, 2.75) is 11.6 Å². The molecule has 3 aromatic rings. The molecule has 1 N–H and O–H groups in total. The number of carbonyl (C=O) groups is 1. The number of nitrogens with zero attached hydrogens (tertiary/aromatic N) is 2. The first-order chi connectivity index (χ1) is 14.9. The summed E-state index contributed by atoms with van der Waals surface area (Å²) in [6.07, 6.45) is -4.77. The van der Waals surface area contributed by atoms with Gasteiger partial charge in [-0.15, -0.1) is 23.4 Å². The van der Waals surface area contributed by atoms with Crippen molar-refractivity contribution in [3.63, 3.8) is 0 Å². The van der Waals surface area contributed by atoms with Gasteiger partial charge >= 0.3 is 6.36 Å². The number of fused-ring (bicyclic) bond motifs is 1. The highest BCUT2D eigenvalue weighted by molar-refractivity contribution is 7.99. The van der Waals surface area contributed by atoms with Crippen LogP contribution < -0.4 is 19.5 Å². The summed E-state index contributed by atoms with van der Waals surface area (Å²) in [7, 11) is 0. The van der Waals surface area contributed by atoms with Crippen LogP contribution in [0.1, 0.15) is 0 Å². The van der Waals surface area contributed by atoms with Gasteiger partial charge in [-0.25, -0.2) is 0 Å². The summed E-state index contributed by atoms with van der Waals surface area (Å²) in [4.78, 5) is 12.1. The number of benzene rings is 2. The standard InChI is InChI=1S/C19H14F3N3O5S/c20-19(21,22)30-13-4-2-12(3-5-13)23-16(26)10-31-18-25-24-17(29-18)11-1-6-14-15(9-11)28-8-7-27-14/h1-6,9H,7-8,10H2,(H,23,26). The van der Waals surface area contributed by atoms with Gasteiger partial charge in [0.2, 0.25) is 11.8 Å². The van der Waals surface area contributed by atoms with E-state index in [4.69, 9.17) is 13.9 Å². The third-order valence-corrected chi connectivity index (χ3v) is 4.71. The Morgan fingerprint density at radius 3 is 2.55 bits per heavy atom. The molecule has 0 saturated heterocycles. The lowest BCUT2D eigenvalue weighted by Gasteiger charge is -2.18. The van der Waals surface area contributed by atoms with Crippen LogP contribution in [0.5, 0.6) is 17.2 Å². The number of alkyl halides is 3. The van der Waals surface area contributed by atoms with Crippen molar-refractivity contribution in [1.29, 1.82) is 0 Å². The van der Waals surface area contributed by atoms with Gasteiger partial charge in [-0.1, -0.05) is 11.8 Å². The maximum atomic E-state index is 12.2. The van der Waals surface area contributed by atoms with E-state index in [1.807, 2.05) is 0 Å². The Hall–Kier alpha value is -3.41. The molecule has 0 spiro atoms. The summed E-state index contributed by atoms with van der Waals surface area (Å²) in [5.41, 5.74) is 0.969. The molecule has 0 aliphatic carbocycles. The molecule has 0 unspecified atom stereocenters. The fourth-order valence-corrected chi connectivity index (χ4v) is 3.19. The Kier molecular flexibility index (Phi) is 5.89. The van der Waals surface area contributed by atoms with E-state index in [9.17, 15) is 18.0 Å². The predicted octanol–water partition coefficient (Wildman–Crippen LogP) is 4.14. The minimum absolute atomic E-state index is 0.0381. The molecule has 8 nitrogen and oxygen atoms in total. The largest absolute Gasteiger partial charge is 0.573 e. The van der Waals surface area contributed by atoms with Crippen LogP contribution in [-0.2, 0) is 4.79 Å². The van der Waals surface area contributed by atoms with Gasteiger partial charge in [0.05, 0.1) is 5.75 Å². The lowest BCUT2D eigenvalue weighted by molar-refractivity contribution is -0.274. The molecule has 1 amide bonds. The number of aromatic nitrogens is 2. The molecule has 1 aromatic heterocycles. The van der Waals surface area contributed by atoms with Crippen molar-refractivity contribution in [3.8, 4) is 28.7 Å². The molecule has 4 rings (SSSR count). The maximum absolute atomic E-state index is 12.2. The van der Waals surface area contributed by atoms with E-state index in [2.05, 4.69) is 20.3 Å². The minimum atomic E-state index is -4.77. The van der Waals surface area contributed by atoms with Crippen LogP contribution in [0.2, 0.25) is 0 Å². The number of anilines is 1. The Morgan fingerprint density at radius 1 is 1.06 bits per heavy atom. The molecule has 2 heterocycles. The SMILES string of the molecule is O=C(CSc1nnc(-c2ccc3c(c2)OCCO3)o1)Nc1ccc(OC(F)(F)F)cc1. The summed E-state index contributed by atoms with van der Waals surface area (Å²) in [6, 6.07) is 10.1. The number of halogens is 3. The first-order valence-electron chi connectivity index (χ1n) is 8.88. The second kappa shape index (κ2) is 8.76. The first kappa shape index (κ1) is 20.8. The highest BCUT2D eigenvalue weighted by Gasteiger charge is 2.31. The third kappa shape index (κ3) is 5.60. The van der Waals surface area contributed by atoms with Crippen molar-refractivity contribution < 1.29 is 36.6 Å². The number of hydrogen-bond acceptors (Lipinski definition) is 8. The molecule has 12 heteroatoms. The number of amides is 1. The maximum Gasteiger partial charge on any atom is 0.573 e. The highest BCUT2D eigenvalue weighted by atomic mass is 32.2. The molecule has 2 aromatic carbocycles. The van der Waals surface area contributed by atoms with Crippen LogP contribution in [0.25, 0.3) is 11.5 Å². The van der Waals surface area contributed by atoms with Gasteiger partial charge in [0.25, 0.3) is 5.22 Å². The molecule has 0 fully saturated rings. The number of hydrogen-bond donors (Lipinski definition) is 1. The van der Waals surface area contributed by atoms with E-state index in [0.717, 1.165) is 23.9 Å². The van der Waals surface area contributed by atoms with Gasteiger partial charge in [0, 0.05) is 11.3 Å². The van der Waals surface area contributed by atoms with Crippen molar-refractivity contribution in [1.82, 2.24) is 10.2 Å². The average molecular weight is 453 g/mol. The Morgan fingerprint density at radius 2 is 1.81 bits per heavy atom. The lowest BCUT2D eigenvalue weighted by Crippen LogP contribution is -2.17. The topological polar surface area (TPSA) is 95.7 Å². The molecule has 0 bridgehead atoms. The fraction of sp³-hybridized carbons (Fsp3) is 0.211. The van der Waals surface area contributed by atoms with Crippen LogP contribution in [-0.4, -0.2) is 41.4 Å². The predicted molar refractivity (Wildman–Crippen MR) is 103 cm³/mol. The molecule has 1 aliphatic rings. The van der Waals surface area contributed by atoms with Crippen molar-refractivity contribution in [3.05, 3.63) is 42.5 Å². The van der Waals surface area contributed by atoms with E-state index in [-0.39, 0.29) is 22.6 Å². The second-order valence-corrected chi connectivity index (χ2v) is 7.07. The fourth-order valence-electron chi connectivity index (χ4n) is 2.63. The van der Waals surface area contributed by atoms with Gasteiger partial charge in [-0.3, -0.25) is 4.79 Å². The zero-order valence-corrected chi connectivity index (χ0v) is 16.5. The van der Waals surface area contributed by atoms with Gasteiger partial charge in [0.15, 0.2) is 11.5 Å². The van der Waals surface area contributed by atoms with Crippen molar-refractivity contribution >= 4 is 23.4 Å². The van der Waals surface area contributed by atoms with Crippen LogP contribution in [0.3, 0.4) is 0 Å². The zero-order valence-electron chi connectivity index (χ0n) is 15.6. The first-order valence-corrected chi connectivity index (χ1v) is 9.86. The minimum Gasteiger partial charge on any atom is -0.486 e. The summed E-state index contributed by atoms with van der Waals surface area (Å²) < 4.78 is 56.8. The second-order valence-electron chi connectivity index (χ2n) is 6.14. The molecule has 0 radical (unpaired) electrons. The van der Waals surface area contributed by atoms with E-state index >= 15 is 0 Å². The van der Waals surface area contributed by atoms with Crippen LogP contribution in [0.15, 0.2) is 52.1 Å². The quantitative estimate of drug-likeness (QED) is 0.557. The third-order valence-electron chi connectivity index (χ3n) is 3.89. The number of nitrogens with one attached hydrogen (secondary N) is 1. The van der Waals surface area contributed by atoms with E-state index in [1.54, 1.807) is 18.2 Å². The zero-order chi connectivity index (χ0) is 21.8. The number of ether oxygens (including phenoxy) is 3. The van der Waals surface area contributed by atoms with Gasteiger partial charge in [-0.2, -0.15) is 0 Å². The Bertz CT molecular complexity index is 1070. The summed E-state index contributed by atoms with van der Waals surface area (Å²) in [5, 5.41) is 10.6. The normalized spacial score (nSPS) is 13.0. The summed E-state index contributed by atoms with van der Waals surface area (Å²) in [5.74, 6) is 0.677. The van der Waals surface area contributed by atoms with Crippen molar-refractivity contribution in [2.24, 2.45) is 0 Å². The average Bonchev–Trinajstić information content (AvgIpc) is 3.21. The number of rotatable bonds is 6. The summed E-state index contributed by atoms with van der Waals surface area (Å²) in [6.45, 7) is 0.940. The molecular weight excluding hydrogens is 439 g/mol. The van der Waals surface area contributed by atoms with Gasteiger partial charge in [0.1, 0.15) is 19.0 Å². The Labute approximate surface area is 177 Å². The monoisotopic (exact) mass is 453 g/mol. The molecule has 31 heavy (non-hydrogen) atoms. The van der Waals surface area contributed by atoms with Crippen LogP contribution in [0, 0.1) is 0 Å². The number of thioether (sulfide) groups is 1. The summed E-state index contributed by atoms with van der Waals surface area (Å²) >= 11 is 1.02. The van der Waals surface area contributed by atoms with Crippen LogP contribution >= 0.6 is 11.8 Å². The van der Waals surface area contributed by atoms with Crippen LogP contribution in [0.4, 0.5) is 18.9 Å². The lowest BCUT2D eigenvalue weighted by atomic mass is 10.2. The van der Waals surface area contributed by atoms with E-state index < -0.39 is 12.3 Å². The van der Waals surface area contributed by atoms with Crippen molar-refractivity contribution in [2.75, 3.05) is 24.3 Å². The van der Waals surface area contributed by atoms with E-state index in [0.29, 0.717) is 36.0 Å². The Balaban J connectivity index is 1.31. The molecule has 162 valence electrons. The molecule has 1 aliphatic heterocycles. The van der Waals surface area contributed by atoms with Gasteiger partial charge < -0.3 is 23.9 Å². The van der Waals surface area contributed by atoms with Gasteiger partial charge in [-0.05, 0) is 42.5 Å². The molecular formula is C19H14F3N3O5S. The molecule has 0 saturated carbocycles.